The summed E-state index contributed by atoms with van der Waals surface area (Å²) in [6.45, 7) is 4.31. The Bertz CT molecular complexity index is 733. The minimum Gasteiger partial charge on any atom is -0.351 e. The van der Waals surface area contributed by atoms with Crippen LogP contribution in [0.25, 0.3) is 0 Å². The molecule has 2 fully saturated rings. The maximum Gasteiger partial charge on any atom is 0.210 e. The summed E-state index contributed by atoms with van der Waals surface area (Å²) in [7, 11) is 1.90. The summed E-state index contributed by atoms with van der Waals surface area (Å²) >= 11 is 0. The third-order valence-corrected chi connectivity index (χ3v) is 5.87. The van der Waals surface area contributed by atoms with E-state index < -0.39 is 0 Å². The minimum absolute atomic E-state index is 0.243. The van der Waals surface area contributed by atoms with Crippen LogP contribution in [0, 0.1) is 12.3 Å². The Labute approximate surface area is 154 Å². The molecule has 3 aliphatic rings. The van der Waals surface area contributed by atoms with Gasteiger partial charge in [-0.1, -0.05) is 0 Å². The highest BCUT2D eigenvalue weighted by Crippen LogP contribution is 2.32. The van der Waals surface area contributed by atoms with Crippen LogP contribution in [0.15, 0.2) is 30.1 Å². The van der Waals surface area contributed by atoms with Crippen molar-refractivity contribution in [2.24, 2.45) is 0 Å². The van der Waals surface area contributed by atoms with E-state index in [1.807, 2.05) is 25.1 Å². The molecule has 138 valence electrons. The molecule has 4 heterocycles. The Hall–Kier alpha value is -2.41. The number of nitrogens with zero attached hydrogens (tertiary/aromatic N) is 4. The van der Waals surface area contributed by atoms with E-state index in [1.165, 1.54) is 5.56 Å². The smallest absolute Gasteiger partial charge is 0.210 e. The van der Waals surface area contributed by atoms with Gasteiger partial charge >= 0.3 is 0 Å². The first-order chi connectivity index (χ1) is 12.6. The van der Waals surface area contributed by atoms with Crippen LogP contribution in [0.3, 0.4) is 0 Å². The van der Waals surface area contributed by atoms with Crippen molar-refractivity contribution in [3.05, 3.63) is 41.4 Å². The van der Waals surface area contributed by atoms with Crippen LogP contribution in [-0.2, 0) is 4.79 Å². The molecule has 26 heavy (non-hydrogen) atoms. The predicted molar refractivity (Wildman–Crippen MR) is 99.6 cm³/mol. The van der Waals surface area contributed by atoms with Crippen LogP contribution in [0.1, 0.15) is 30.0 Å². The van der Waals surface area contributed by atoms with Gasteiger partial charge in [-0.15, -0.1) is 0 Å². The second-order valence-corrected chi connectivity index (χ2v) is 7.41. The Morgan fingerprint density at radius 2 is 2.04 bits per heavy atom. The number of carbonyl (C=O) groups is 1. The lowest BCUT2D eigenvalue weighted by molar-refractivity contribution is -0.122. The molecule has 1 aromatic heterocycles. The van der Waals surface area contributed by atoms with Gasteiger partial charge in [0.15, 0.2) is 0 Å². The Balaban J connectivity index is 1.54. The first kappa shape index (κ1) is 17.0. The number of amidine groups is 1. The molecule has 0 spiro atoms. The fourth-order valence-electron chi connectivity index (χ4n) is 4.50. The number of hydrogen-bond acceptors (Lipinski definition) is 5. The van der Waals surface area contributed by atoms with Gasteiger partial charge in [-0.2, -0.15) is 0 Å². The molecule has 0 radical (unpaired) electrons. The van der Waals surface area contributed by atoms with E-state index in [9.17, 15) is 4.79 Å². The number of likely N-dealkylation sites (tertiary alicyclic amines) is 1. The Morgan fingerprint density at radius 1 is 1.31 bits per heavy atom. The van der Waals surface area contributed by atoms with Gasteiger partial charge in [-0.05, 0) is 43.5 Å². The largest absolute Gasteiger partial charge is 0.351 e. The van der Waals surface area contributed by atoms with Crippen LogP contribution in [0.2, 0.25) is 0 Å². The van der Waals surface area contributed by atoms with E-state index in [1.54, 1.807) is 0 Å². The summed E-state index contributed by atoms with van der Waals surface area (Å²) in [5.41, 5.74) is 6.38. The van der Waals surface area contributed by atoms with E-state index in [0.717, 1.165) is 50.3 Å². The summed E-state index contributed by atoms with van der Waals surface area (Å²) in [6.07, 6.45) is 7.10. The van der Waals surface area contributed by atoms with Gasteiger partial charge in [0.2, 0.25) is 6.41 Å². The number of pyridine rings is 1. The molecule has 1 amide bonds. The van der Waals surface area contributed by atoms with Gasteiger partial charge in [-0.3, -0.25) is 15.2 Å². The quantitative estimate of drug-likeness (QED) is 0.481. The lowest BCUT2D eigenvalue weighted by Gasteiger charge is -2.41. The van der Waals surface area contributed by atoms with Gasteiger partial charge in [0.25, 0.3) is 0 Å². The molecule has 2 saturated heterocycles. The number of aromatic nitrogens is 1. The van der Waals surface area contributed by atoms with Crippen molar-refractivity contribution in [1.82, 2.24) is 25.2 Å². The van der Waals surface area contributed by atoms with Gasteiger partial charge in [0.05, 0.1) is 5.70 Å². The van der Waals surface area contributed by atoms with Crippen molar-refractivity contribution in [2.45, 2.75) is 37.8 Å². The van der Waals surface area contributed by atoms with E-state index in [-0.39, 0.29) is 18.0 Å². The molecule has 3 atom stereocenters. The Kier molecular flexibility index (Phi) is 4.40. The van der Waals surface area contributed by atoms with Crippen LogP contribution >= 0.6 is 0 Å². The maximum absolute atomic E-state index is 11.3. The average molecular weight is 354 g/mol. The molecule has 0 saturated carbocycles. The third-order valence-electron chi connectivity index (χ3n) is 5.87. The minimum atomic E-state index is 0.243. The average Bonchev–Trinajstić information content (AvgIpc) is 3.19. The summed E-state index contributed by atoms with van der Waals surface area (Å²) in [4.78, 5) is 19.7. The second-order valence-electron chi connectivity index (χ2n) is 7.41. The highest BCUT2D eigenvalue weighted by atomic mass is 16.1. The molecule has 3 unspecified atom stereocenters. The lowest BCUT2D eigenvalue weighted by atomic mass is 10.0. The molecular weight excluding hydrogens is 328 g/mol. The topological polar surface area (TPSA) is 75.6 Å². The van der Waals surface area contributed by atoms with Crippen molar-refractivity contribution < 1.29 is 4.79 Å². The zero-order valence-corrected chi connectivity index (χ0v) is 15.4. The molecule has 0 aromatic carbocycles. The molecule has 2 N–H and O–H groups in total. The van der Waals surface area contributed by atoms with Gasteiger partial charge in [-0.25, -0.2) is 5.43 Å². The number of rotatable bonds is 4. The molecular formula is C19H26N6O. The zero-order chi connectivity index (χ0) is 18.3. The Morgan fingerprint density at radius 3 is 2.65 bits per heavy atom. The zero-order valence-electron chi connectivity index (χ0n) is 15.4. The molecule has 2 bridgehead atoms. The highest BCUT2D eigenvalue weighted by molar-refractivity contribution is 5.96. The van der Waals surface area contributed by atoms with E-state index in [2.05, 4.69) is 38.5 Å². The van der Waals surface area contributed by atoms with Crippen molar-refractivity contribution >= 4 is 12.2 Å². The van der Waals surface area contributed by atoms with Gasteiger partial charge < -0.3 is 14.8 Å². The first-order valence-corrected chi connectivity index (χ1v) is 9.26. The van der Waals surface area contributed by atoms with Crippen molar-refractivity contribution in [2.75, 3.05) is 26.7 Å². The summed E-state index contributed by atoms with van der Waals surface area (Å²) in [5, 5.41) is 10.8. The monoisotopic (exact) mass is 354 g/mol. The van der Waals surface area contributed by atoms with Crippen LogP contribution in [0.4, 0.5) is 0 Å². The third kappa shape index (κ3) is 2.86. The summed E-state index contributed by atoms with van der Waals surface area (Å²) in [6, 6.07) is 4.66. The number of nitrogens with one attached hydrogen (secondary N) is 2. The SMILES string of the molecule is CNN1CC(c2ccnc(C)c2)C=C1C(=N)N1CC2CCC(C1)N2C=O. The number of piperazine rings is 1. The normalized spacial score (nSPS) is 27.7. The fraction of sp³-hybridized carbons (Fsp3) is 0.526. The molecule has 7 heteroatoms. The first-order valence-electron chi connectivity index (χ1n) is 9.26. The standard InChI is InChI=1S/C19H26N6O/c1-13-7-14(5-6-22-13)15-8-18(25(9-15)21-2)19(20)23-10-16-3-4-17(11-23)24(16)12-26/h5-8,12,15-17,20-21H,3-4,9-11H2,1-2H3. The molecule has 1 aromatic rings. The number of carbonyl (C=O) groups excluding carboxylic acids is 1. The van der Waals surface area contributed by atoms with Gasteiger partial charge in [0.1, 0.15) is 5.84 Å². The molecule has 3 aliphatic heterocycles. The highest BCUT2D eigenvalue weighted by Gasteiger charge is 2.41. The van der Waals surface area contributed by atoms with Crippen LogP contribution in [0.5, 0.6) is 0 Å². The number of amides is 1. The van der Waals surface area contributed by atoms with Crippen molar-refractivity contribution in [1.29, 1.82) is 5.41 Å². The number of aryl methyl sites for hydroxylation is 1. The predicted octanol–water partition coefficient (Wildman–Crippen LogP) is 1.09. The fourth-order valence-corrected chi connectivity index (χ4v) is 4.50. The number of hydrazine groups is 1. The van der Waals surface area contributed by atoms with E-state index in [0.29, 0.717) is 5.84 Å². The number of hydrogen-bond donors (Lipinski definition) is 2. The number of fused-ring (bicyclic) bond motifs is 2. The van der Waals surface area contributed by atoms with E-state index >= 15 is 0 Å². The molecule has 4 rings (SSSR count). The van der Waals surface area contributed by atoms with Crippen LogP contribution < -0.4 is 5.43 Å². The van der Waals surface area contributed by atoms with E-state index in [4.69, 9.17) is 5.41 Å². The lowest BCUT2D eigenvalue weighted by Crippen LogP contribution is -2.55. The van der Waals surface area contributed by atoms with Gasteiger partial charge in [0, 0.05) is 56.6 Å². The summed E-state index contributed by atoms with van der Waals surface area (Å²) < 4.78 is 0. The van der Waals surface area contributed by atoms with Crippen molar-refractivity contribution in [3.8, 4) is 0 Å². The van der Waals surface area contributed by atoms with Crippen LogP contribution in [-0.4, -0.2) is 70.8 Å². The maximum atomic E-state index is 11.3. The molecule has 7 nitrogen and oxygen atoms in total. The molecule has 0 aliphatic carbocycles. The summed E-state index contributed by atoms with van der Waals surface area (Å²) in [5.74, 6) is 0.794. The van der Waals surface area contributed by atoms with Crippen molar-refractivity contribution in [3.63, 3.8) is 0 Å². The second kappa shape index (κ2) is 6.72.